The lowest BCUT2D eigenvalue weighted by Crippen LogP contribution is -2.31. The first-order valence-corrected chi connectivity index (χ1v) is 9.33. The molecule has 0 fully saturated rings. The Morgan fingerprint density at radius 1 is 1.23 bits per heavy atom. The molecule has 0 aliphatic carbocycles. The van der Waals surface area contributed by atoms with Crippen LogP contribution < -0.4 is 4.74 Å². The highest BCUT2D eigenvalue weighted by Gasteiger charge is 2.15. The summed E-state index contributed by atoms with van der Waals surface area (Å²) in [5.74, 6) is 1.52. The number of nitrogens with zero attached hydrogens (tertiary/aromatic N) is 3. The number of amides is 1. The Balaban J connectivity index is 1.81. The molecule has 1 amide bonds. The van der Waals surface area contributed by atoms with E-state index in [1.807, 2.05) is 44.3 Å². The van der Waals surface area contributed by atoms with E-state index in [9.17, 15) is 4.79 Å². The highest BCUT2D eigenvalue weighted by Crippen LogP contribution is 2.17. The summed E-state index contributed by atoms with van der Waals surface area (Å²) in [6.45, 7) is 10.5. The molecule has 5 heteroatoms. The van der Waals surface area contributed by atoms with E-state index in [4.69, 9.17) is 4.74 Å². The Morgan fingerprint density at radius 3 is 2.58 bits per heavy atom. The maximum atomic E-state index is 12.4. The maximum Gasteiger partial charge on any atom is 0.222 e. The number of aromatic nitrogens is 2. The number of para-hydroxylation sites is 1. The average molecular weight is 357 g/mol. The fourth-order valence-electron chi connectivity index (χ4n) is 2.98. The number of ether oxygens (including phenoxy) is 1. The minimum atomic E-state index is 0.136. The summed E-state index contributed by atoms with van der Waals surface area (Å²) in [6.07, 6.45) is 1.23. The summed E-state index contributed by atoms with van der Waals surface area (Å²) >= 11 is 0. The predicted molar refractivity (Wildman–Crippen MR) is 104 cm³/mol. The molecule has 1 heterocycles. The van der Waals surface area contributed by atoms with Gasteiger partial charge in [-0.3, -0.25) is 9.48 Å². The van der Waals surface area contributed by atoms with Crippen LogP contribution in [0.25, 0.3) is 0 Å². The van der Waals surface area contributed by atoms with E-state index < -0.39 is 0 Å². The van der Waals surface area contributed by atoms with Crippen molar-refractivity contribution in [3.05, 3.63) is 47.3 Å². The zero-order chi connectivity index (χ0) is 19.1. The number of rotatable bonds is 9. The first-order chi connectivity index (χ1) is 12.4. The van der Waals surface area contributed by atoms with Gasteiger partial charge in [0, 0.05) is 25.7 Å². The van der Waals surface area contributed by atoms with Crippen molar-refractivity contribution in [2.24, 2.45) is 5.92 Å². The molecular formula is C21H31N3O2. The molecule has 0 atom stereocenters. The molecule has 0 aliphatic heterocycles. The molecule has 5 nitrogen and oxygen atoms in total. The largest absolute Gasteiger partial charge is 0.492 e. The van der Waals surface area contributed by atoms with Gasteiger partial charge in [0.1, 0.15) is 12.4 Å². The average Bonchev–Trinajstić information content (AvgIpc) is 2.86. The van der Waals surface area contributed by atoms with Crippen LogP contribution in [0.4, 0.5) is 0 Å². The van der Waals surface area contributed by atoms with Crippen LogP contribution in [0.3, 0.4) is 0 Å². The molecule has 0 aliphatic rings. The van der Waals surface area contributed by atoms with Crippen molar-refractivity contribution in [1.82, 2.24) is 14.7 Å². The lowest BCUT2D eigenvalue weighted by Gasteiger charge is -2.17. The summed E-state index contributed by atoms with van der Waals surface area (Å²) in [6, 6.07) is 9.67. The van der Waals surface area contributed by atoms with E-state index in [-0.39, 0.29) is 5.91 Å². The third-order valence-electron chi connectivity index (χ3n) is 4.52. The number of hydrogen-bond acceptors (Lipinski definition) is 3. The molecule has 0 unspecified atom stereocenters. The molecule has 2 rings (SSSR count). The molecule has 0 saturated carbocycles. The van der Waals surface area contributed by atoms with Crippen molar-refractivity contribution in [2.75, 3.05) is 20.2 Å². The van der Waals surface area contributed by atoms with E-state index in [1.54, 1.807) is 4.90 Å². The number of aryl methyl sites for hydroxylation is 1. The molecule has 0 spiro atoms. The lowest BCUT2D eigenvalue weighted by molar-refractivity contribution is -0.130. The van der Waals surface area contributed by atoms with Gasteiger partial charge in [-0.2, -0.15) is 5.10 Å². The number of likely N-dealkylation sites (N-methyl/N-ethyl adjacent to an activating group) is 1. The Morgan fingerprint density at radius 2 is 1.92 bits per heavy atom. The van der Waals surface area contributed by atoms with Crippen LogP contribution in [-0.4, -0.2) is 40.8 Å². The molecule has 0 bridgehead atoms. The third kappa shape index (κ3) is 5.61. The van der Waals surface area contributed by atoms with Crippen molar-refractivity contribution in [1.29, 1.82) is 0 Å². The lowest BCUT2D eigenvalue weighted by atomic mass is 10.1. The second-order valence-electron chi connectivity index (χ2n) is 7.20. The van der Waals surface area contributed by atoms with Gasteiger partial charge in [-0.25, -0.2) is 0 Å². The van der Waals surface area contributed by atoms with Crippen LogP contribution in [0, 0.1) is 19.8 Å². The molecule has 26 heavy (non-hydrogen) atoms. The normalized spacial score (nSPS) is 11.0. The second kappa shape index (κ2) is 9.41. The van der Waals surface area contributed by atoms with E-state index in [2.05, 4.69) is 30.6 Å². The zero-order valence-corrected chi connectivity index (χ0v) is 16.7. The first kappa shape index (κ1) is 20.0. The van der Waals surface area contributed by atoms with Crippen molar-refractivity contribution >= 4 is 5.91 Å². The van der Waals surface area contributed by atoms with E-state index in [0.29, 0.717) is 25.5 Å². The Kier molecular flexibility index (Phi) is 7.25. The topological polar surface area (TPSA) is 47.4 Å². The fraction of sp³-hybridized carbons (Fsp3) is 0.524. The SMILES string of the molecule is Cc1nn(CC(C)C)c(C)c1CCC(=O)N(C)CCOc1ccccc1. The van der Waals surface area contributed by atoms with Crippen molar-refractivity contribution in [2.45, 2.75) is 47.1 Å². The molecule has 142 valence electrons. The van der Waals surface area contributed by atoms with Gasteiger partial charge in [-0.05, 0) is 43.9 Å². The Labute approximate surface area is 157 Å². The third-order valence-corrected chi connectivity index (χ3v) is 4.52. The highest BCUT2D eigenvalue weighted by atomic mass is 16.5. The summed E-state index contributed by atoms with van der Waals surface area (Å²) in [7, 11) is 1.83. The van der Waals surface area contributed by atoms with Gasteiger partial charge in [-0.15, -0.1) is 0 Å². The fourth-order valence-corrected chi connectivity index (χ4v) is 2.98. The van der Waals surface area contributed by atoms with Gasteiger partial charge < -0.3 is 9.64 Å². The molecule has 0 N–H and O–H groups in total. The molecule has 0 radical (unpaired) electrons. The van der Waals surface area contributed by atoms with Gasteiger partial charge in [0.2, 0.25) is 5.91 Å². The first-order valence-electron chi connectivity index (χ1n) is 9.33. The van der Waals surface area contributed by atoms with Crippen LogP contribution in [0.2, 0.25) is 0 Å². The molecular weight excluding hydrogens is 326 g/mol. The van der Waals surface area contributed by atoms with Gasteiger partial charge in [0.25, 0.3) is 0 Å². The van der Waals surface area contributed by atoms with Crippen LogP contribution in [0.5, 0.6) is 5.75 Å². The number of carbonyl (C=O) groups is 1. The standard InChI is InChI=1S/C21H31N3O2/c1-16(2)15-24-18(4)20(17(3)22-24)11-12-21(25)23(5)13-14-26-19-9-7-6-8-10-19/h6-10,16H,11-15H2,1-5H3. The van der Waals surface area contributed by atoms with E-state index in [1.165, 1.54) is 11.3 Å². The van der Waals surface area contributed by atoms with E-state index >= 15 is 0 Å². The van der Waals surface area contributed by atoms with Crippen LogP contribution in [-0.2, 0) is 17.8 Å². The minimum absolute atomic E-state index is 0.136. The minimum Gasteiger partial charge on any atom is -0.492 e. The molecule has 1 aromatic carbocycles. The summed E-state index contributed by atoms with van der Waals surface area (Å²) in [4.78, 5) is 14.2. The van der Waals surface area contributed by atoms with Crippen molar-refractivity contribution in [3.63, 3.8) is 0 Å². The summed E-state index contributed by atoms with van der Waals surface area (Å²) in [5, 5.41) is 4.63. The quantitative estimate of drug-likeness (QED) is 0.688. The van der Waals surface area contributed by atoms with Gasteiger partial charge in [-0.1, -0.05) is 32.0 Å². The number of benzene rings is 1. The van der Waals surface area contributed by atoms with Gasteiger partial charge in [0.05, 0.1) is 12.2 Å². The van der Waals surface area contributed by atoms with E-state index in [0.717, 1.165) is 24.4 Å². The maximum absolute atomic E-state index is 12.4. The van der Waals surface area contributed by atoms with Crippen LogP contribution in [0.1, 0.15) is 37.2 Å². The second-order valence-corrected chi connectivity index (χ2v) is 7.20. The molecule has 2 aromatic rings. The van der Waals surface area contributed by atoms with Crippen molar-refractivity contribution < 1.29 is 9.53 Å². The van der Waals surface area contributed by atoms with Gasteiger partial charge >= 0.3 is 0 Å². The zero-order valence-electron chi connectivity index (χ0n) is 16.7. The number of hydrogen-bond donors (Lipinski definition) is 0. The molecule has 0 saturated heterocycles. The molecule has 1 aromatic heterocycles. The predicted octanol–water partition coefficient (Wildman–Crippen LogP) is 3.63. The number of carbonyl (C=O) groups excluding carboxylic acids is 1. The summed E-state index contributed by atoms with van der Waals surface area (Å²) in [5.41, 5.74) is 3.41. The summed E-state index contributed by atoms with van der Waals surface area (Å²) < 4.78 is 7.73. The van der Waals surface area contributed by atoms with Crippen molar-refractivity contribution in [3.8, 4) is 5.75 Å². The smallest absolute Gasteiger partial charge is 0.222 e. The van der Waals surface area contributed by atoms with Gasteiger partial charge in [0.15, 0.2) is 0 Å². The monoisotopic (exact) mass is 357 g/mol. The Bertz CT molecular complexity index is 708. The van der Waals surface area contributed by atoms with Crippen LogP contribution in [0.15, 0.2) is 30.3 Å². The van der Waals surface area contributed by atoms with Crippen LogP contribution >= 0.6 is 0 Å². The highest BCUT2D eigenvalue weighted by molar-refractivity contribution is 5.76. The Hall–Kier alpha value is -2.30.